The molecule has 0 amide bonds. The van der Waals surface area contributed by atoms with E-state index in [9.17, 15) is 0 Å². The van der Waals surface area contributed by atoms with Crippen LogP contribution >= 0.6 is 0 Å². The number of hydrogen-bond donors (Lipinski definition) is 1. The van der Waals surface area contributed by atoms with E-state index in [-0.39, 0.29) is 0 Å². The van der Waals surface area contributed by atoms with Gasteiger partial charge in [0.25, 0.3) is 0 Å². The molecule has 0 spiro atoms. The molecule has 0 saturated carbocycles. The molecule has 1 aromatic carbocycles. The lowest BCUT2D eigenvalue weighted by Gasteiger charge is -2.23. The van der Waals surface area contributed by atoms with Gasteiger partial charge in [0.2, 0.25) is 5.95 Å². The Morgan fingerprint density at radius 2 is 1.70 bits per heavy atom. The Hall–Kier alpha value is -2.10. The molecule has 4 heteroatoms. The summed E-state index contributed by atoms with van der Waals surface area (Å²) >= 11 is 0. The number of aromatic nitrogens is 2. The summed E-state index contributed by atoms with van der Waals surface area (Å²) in [4.78, 5) is 11.6. The first-order chi connectivity index (χ1) is 11.1. The van der Waals surface area contributed by atoms with Gasteiger partial charge in [-0.3, -0.25) is 0 Å². The number of nitrogens with one attached hydrogen (secondary N) is 1. The molecule has 0 unspecified atom stereocenters. The van der Waals surface area contributed by atoms with Gasteiger partial charge >= 0.3 is 0 Å². The minimum absolute atomic E-state index is 0.709. The average molecular weight is 312 g/mol. The lowest BCUT2D eigenvalue weighted by atomic mass is 10.1. The number of benzene rings is 1. The minimum Gasteiger partial charge on any atom is -0.356 e. The van der Waals surface area contributed by atoms with Crippen molar-refractivity contribution in [3.05, 3.63) is 47.2 Å². The Balaban J connectivity index is 2.14. The fourth-order valence-corrected chi connectivity index (χ4v) is 2.66. The maximum absolute atomic E-state index is 4.72. The summed E-state index contributed by atoms with van der Waals surface area (Å²) < 4.78 is 0. The van der Waals surface area contributed by atoms with Crippen molar-refractivity contribution in [2.75, 3.05) is 23.3 Å². The molecule has 0 aliphatic heterocycles. The van der Waals surface area contributed by atoms with Gasteiger partial charge in [-0.05, 0) is 37.8 Å². The van der Waals surface area contributed by atoms with Crippen molar-refractivity contribution in [1.29, 1.82) is 0 Å². The smallest absolute Gasteiger partial charge is 0.225 e. The molecular formula is C19H28N4. The molecule has 2 aromatic rings. The number of nitrogens with zero attached hydrogens (tertiary/aromatic N) is 3. The van der Waals surface area contributed by atoms with Crippen molar-refractivity contribution in [3.8, 4) is 0 Å². The molecule has 0 radical (unpaired) electrons. The van der Waals surface area contributed by atoms with Crippen LogP contribution in [0.25, 0.3) is 0 Å². The highest BCUT2D eigenvalue weighted by Gasteiger charge is 2.09. The van der Waals surface area contributed by atoms with Crippen LogP contribution in [0, 0.1) is 13.8 Å². The molecule has 0 aliphatic carbocycles. The van der Waals surface area contributed by atoms with Crippen LogP contribution in [0.4, 0.5) is 11.8 Å². The SMILES string of the molecule is CCCN(CCC)c1cc(C)nc(NCc2ccccc2C)n1. The number of anilines is 2. The van der Waals surface area contributed by atoms with Gasteiger partial charge in [-0.1, -0.05) is 38.1 Å². The Morgan fingerprint density at radius 3 is 2.35 bits per heavy atom. The third-order valence-corrected chi connectivity index (χ3v) is 3.85. The highest BCUT2D eigenvalue weighted by Crippen LogP contribution is 2.17. The summed E-state index contributed by atoms with van der Waals surface area (Å²) in [6.45, 7) is 11.4. The third-order valence-electron chi connectivity index (χ3n) is 3.85. The van der Waals surface area contributed by atoms with Crippen molar-refractivity contribution < 1.29 is 0 Å². The van der Waals surface area contributed by atoms with Crippen molar-refractivity contribution in [2.24, 2.45) is 0 Å². The highest BCUT2D eigenvalue weighted by atomic mass is 15.2. The van der Waals surface area contributed by atoms with E-state index in [4.69, 9.17) is 4.98 Å². The summed E-state index contributed by atoms with van der Waals surface area (Å²) in [6, 6.07) is 10.5. The molecule has 1 aromatic heterocycles. The topological polar surface area (TPSA) is 41.1 Å². The van der Waals surface area contributed by atoms with Crippen LogP contribution < -0.4 is 10.2 Å². The van der Waals surface area contributed by atoms with Crippen LogP contribution in [0.2, 0.25) is 0 Å². The zero-order chi connectivity index (χ0) is 16.7. The lowest BCUT2D eigenvalue weighted by Crippen LogP contribution is -2.26. The zero-order valence-electron chi connectivity index (χ0n) is 14.8. The van der Waals surface area contributed by atoms with Crippen LogP contribution in [-0.2, 0) is 6.54 Å². The second-order valence-corrected chi connectivity index (χ2v) is 5.96. The van der Waals surface area contributed by atoms with Gasteiger partial charge in [0.15, 0.2) is 0 Å². The minimum atomic E-state index is 0.709. The molecular weight excluding hydrogens is 284 g/mol. The number of rotatable bonds is 8. The van der Waals surface area contributed by atoms with E-state index in [2.05, 4.69) is 66.3 Å². The largest absolute Gasteiger partial charge is 0.356 e. The van der Waals surface area contributed by atoms with Crippen molar-refractivity contribution in [3.63, 3.8) is 0 Å². The van der Waals surface area contributed by atoms with Gasteiger partial charge in [0.05, 0.1) is 0 Å². The van der Waals surface area contributed by atoms with E-state index in [1.54, 1.807) is 0 Å². The maximum Gasteiger partial charge on any atom is 0.225 e. The molecule has 0 atom stereocenters. The highest BCUT2D eigenvalue weighted by molar-refractivity contribution is 5.45. The van der Waals surface area contributed by atoms with Gasteiger partial charge in [-0.2, -0.15) is 4.98 Å². The fourth-order valence-electron chi connectivity index (χ4n) is 2.66. The summed E-state index contributed by atoms with van der Waals surface area (Å²) in [5, 5.41) is 3.37. The molecule has 0 bridgehead atoms. The van der Waals surface area contributed by atoms with Crippen molar-refractivity contribution in [1.82, 2.24) is 9.97 Å². The van der Waals surface area contributed by atoms with E-state index >= 15 is 0 Å². The molecule has 0 fully saturated rings. The van der Waals surface area contributed by atoms with Gasteiger partial charge in [0, 0.05) is 31.4 Å². The van der Waals surface area contributed by atoms with Crippen LogP contribution in [0.15, 0.2) is 30.3 Å². The van der Waals surface area contributed by atoms with E-state index in [1.165, 1.54) is 11.1 Å². The molecule has 4 nitrogen and oxygen atoms in total. The van der Waals surface area contributed by atoms with E-state index in [0.29, 0.717) is 5.95 Å². The maximum atomic E-state index is 4.72. The second-order valence-electron chi connectivity index (χ2n) is 5.96. The quantitative estimate of drug-likeness (QED) is 0.787. The Bertz CT molecular complexity index is 619. The first-order valence-electron chi connectivity index (χ1n) is 8.53. The summed E-state index contributed by atoms with van der Waals surface area (Å²) in [5.74, 6) is 1.73. The molecule has 0 aliphatic rings. The van der Waals surface area contributed by atoms with Gasteiger partial charge in [-0.15, -0.1) is 0 Å². The predicted octanol–water partition coefficient (Wildman–Crippen LogP) is 4.33. The van der Waals surface area contributed by atoms with E-state index in [1.807, 2.05) is 6.92 Å². The molecule has 23 heavy (non-hydrogen) atoms. The number of aryl methyl sites for hydroxylation is 2. The standard InChI is InChI=1S/C19H28N4/c1-5-11-23(12-6-2)18-13-16(4)21-19(22-18)20-14-17-10-8-7-9-15(17)3/h7-10,13H,5-6,11-12,14H2,1-4H3,(H,20,21,22). The molecule has 2 rings (SSSR count). The van der Waals surface area contributed by atoms with Crippen molar-refractivity contribution >= 4 is 11.8 Å². The molecule has 1 heterocycles. The Morgan fingerprint density at radius 1 is 1.00 bits per heavy atom. The molecule has 0 saturated heterocycles. The number of hydrogen-bond acceptors (Lipinski definition) is 4. The zero-order valence-corrected chi connectivity index (χ0v) is 14.8. The van der Waals surface area contributed by atoms with E-state index in [0.717, 1.165) is 44.0 Å². The van der Waals surface area contributed by atoms with Crippen LogP contribution in [0.1, 0.15) is 43.5 Å². The van der Waals surface area contributed by atoms with E-state index < -0.39 is 0 Å². The summed E-state index contributed by atoms with van der Waals surface area (Å²) in [6.07, 6.45) is 2.24. The van der Waals surface area contributed by atoms with Gasteiger partial charge in [-0.25, -0.2) is 4.98 Å². The van der Waals surface area contributed by atoms with Crippen LogP contribution in [-0.4, -0.2) is 23.1 Å². The van der Waals surface area contributed by atoms with Crippen LogP contribution in [0.5, 0.6) is 0 Å². The van der Waals surface area contributed by atoms with Crippen LogP contribution in [0.3, 0.4) is 0 Å². The Labute approximate surface area is 140 Å². The second kappa shape index (κ2) is 8.51. The van der Waals surface area contributed by atoms with Gasteiger partial charge < -0.3 is 10.2 Å². The fraction of sp³-hybridized carbons (Fsp3) is 0.474. The molecule has 124 valence electrons. The van der Waals surface area contributed by atoms with Gasteiger partial charge in [0.1, 0.15) is 5.82 Å². The normalized spacial score (nSPS) is 10.6. The monoisotopic (exact) mass is 312 g/mol. The summed E-state index contributed by atoms with van der Waals surface area (Å²) in [5.41, 5.74) is 3.56. The first kappa shape index (κ1) is 17.3. The summed E-state index contributed by atoms with van der Waals surface area (Å²) in [7, 11) is 0. The predicted molar refractivity (Wildman–Crippen MR) is 98.1 cm³/mol. The average Bonchev–Trinajstić information content (AvgIpc) is 2.53. The first-order valence-corrected chi connectivity index (χ1v) is 8.53. The van der Waals surface area contributed by atoms with Crippen molar-refractivity contribution in [2.45, 2.75) is 47.1 Å². The Kier molecular flexibility index (Phi) is 6.39. The molecule has 1 N–H and O–H groups in total. The lowest BCUT2D eigenvalue weighted by molar-refractivity contribution is 0.732. The third kappa shape index (κ3) is 4.95.